The predicted octanol–water partition coefficient (Wildman–Crippen LogP) is 5.13. The van der Waals surface area contributed by atoms with Crippen molar-refractivity contribution in [1.82, 2.24) is 4.98 Å². The van der Waals surface area contributed by atoms with Crippen molar-refractivity contribution >= 4 is 28.2 Å². The summed E-state index contributed by atoms with van der Waals surface area (Å²) in [6, 6.07) is 17.3. The Bertz CT molecular complexity index is 732. The molecule has 0 aliphatic carbocycles. The van der Waals surface area contributed by atoms with Crippen LogP contribution in [0.5, 0.6) is 0 Å². The molecule has 0 saturated carbocycles. The number of fused-ring (bicyclic) bond motifs is 1. The minimum absolute atomic E-state index is 0.256. The van der Waals surface area contributed by atoms with Gasteiger partial charge in [0.05, 0.1) is 0 Å². The van der Waals surface area contributed by atoms with E-state index in [2.05, 4.69) is 65.9 Å². The van der Waals surface area contributed by atoms with Crippen molar-refractivity contribution < 1.29 is 0 Å². The number of hydrogen-bond donors (Lipinski definition) is 1. The molecular formula is C18H18N2S. The molecule has 0 aliphatic rings. The molecule has 0 aliphatic heterocycles. The van der Waals surface area contributed by atoms with Gasteiger partial charge in [-0.25, -0.2) is 0 Å². The summed E-state index contributed by atoms with van der Waals surface area (Å²) in [6.07, 6.45) is 5.84. The number of hydrogen-bond acceptors (Lipinski definition) is 3. The van der Waals surface area contributed by atoms with Gasteiger partial charge in [-0.15, -0.1) is 11.8 Å². The third kappa shape index (κ3) is 3.03. The zero-order valence-corrected chi connectivity index (χ0v) is 13.0. The van der Waals surface area contributed by atoms with Crippen LogP contribution >= 0.6 is 11.8 Å². The second kappa shape index (κ2) is 6.19. The molecule has 106 valence electrons. The van der Waals surface area contributed by atoms with Crippen molar-refractivity contribution in [2.75, 3.05) is 11.6 Å². The number of thioether (sulfide) groups is 1. The number of anilines is 1. The summed E-state index contributed by atoms with van der Waals surface area (Å²) in [5, 5.41) is 5.96. The lowest BCUT2D eigenvalue weighted by Crippen LogP contribution is -2.06. The van der Waals surface area contributed by atoms with Crippen molar-refractivity contribution in [3.05, 3.63) is 66.5 Å². The lowest BCUT2D eigenvalue weighted by atomic mass is 10.1. The number of benzene rings is 2. The Balaban J connectivity index is 1.87. The Morgan fingerprint density at radius 2 is 1.86 bits per heavy atom. The molecule has 0 fully saturated rings. The maximum Gasteiger partial charge on any atom is 0.0485 e. The Kier molecular flexibility index (Phi) is 4.11. The maximum absolute atomic E-state index is 4.23. The SMILES string of the molecule is CSc1ccc(C(C)Nc2cccc3ccncc23)cc1. The van der Waals surface area contributed by atoms with E-state index < -0.39 is 0 Å². The molecule has 2 aromatic carbocycles. The zero-order valence-electron chi connectivity index (χ0n) is 12.2. The van der Waals surface area contributed by atoms with E-state index in [0.29, 0.717) is 0 Å². The average Bonchev–Trinajstić information content (AvgIpc) is 2.55. The van der Waals surface area contributed by atoms with E-state index in [9.17, 15) is 0 Å². The van der Waals surface area contributed by atoms with E-state index in [0.717, 1.165) is 11.1 Å². The van der Waals surface area contributed by atoms with Crippen LogP contribution in [0.3, 0.4) is 0 Å². The summed E-state index contributed by atoms with van der Waals surface area (Å²) in [5.74, 6) is 0. The molecule has 0 saturated heterocycles. The van der Waals surface area contributed by atoms with Crippen LogP contribution in [0.15, 0.2) is 65.8 Å². The third-order valence-corrected chi connectivity index (χ3v) is 4.42. The van der Waals surface area contributed by atoms with Crippen molar-refractivity contribution in [2.45, 2.75) is 17.9 Å². The first-order valence-electron chi connectivity index (χ1n) is 7.01. The molecule has 0 bridgehead atoms. The quantitative estimate of drug-likeness (QED) is 0.675. The van der Waals surface area contributed by atoms with Crippen LogP contribution in [0.4, 0.5) is 5.69 Å². The lowest BCUT2D eigenvalue weighted by molar-refractivity contribution is 0.884. The molecule has 1 heterocycles. The van der Waals surface area contributed by atoms with E-state index in [4.69, 9.17) is 0 Å². The topological polar surface area (TPSA) is 24.9 Å². The molecule has 0 spiro atoms. The van der Waals surface area contributed by atoms with Crippen molar-refractivity contribution in [3.63, 3.8) is 0 Å². The molecular weight excluding hydrogens is 276 g/mol. The summed E-state index contributed by atoms with van der Waals surface area (Å²) in [6.45, 7) is 2.18. The smallest absolute Gasteiger partial charge is 0.0485 e. The van der Waals surface area contributed by atoms with E-state index in [1.807, 2.05) is 18.5 Å². The van der Waals surface area contributed by atoms with Crippen molar-refractivity contribution in [1.29, 1.82) is 0 Å². The monoisotopic (exact) mass is 294 g/mol. The molecule has 0 radical (unpaired) electrons. The Labute approximate surface area is 129 Å². The molecule has 3 aromatic rings. The molecule has 21 heavy (non-hydrogen) atoms. The number of pyridine rings is 1. The van der Waals surface area contributed by atoms with Gasteiger partial charge in [-0.2, -0.15) is 0 Å². The maximum atomic E-state index is 4.23. The number of rotatable bonds is 4. The lowest BCUT2D eigenvalue weighted by Gasteiger charge is -2.17. The van der Waals surface area contributed by atoms with Gasteiger partial charge in [-0.05, 0) is 48.4 Å². The summed E-state index contributed by atoms with van der Waals surface area (Å²) in [4.78, 5) is 5.53. The van der Waals surface area contributed by atoms with Gasteiger partial charge < -0.3 is 5.32 Å². The van der Waals surface area contributed by atoms with Crippen LogP contribution in [0.2, 0.25) is 0 Å². The standard InChI is InChI=1S/C18H18N2S/c1-13(14-6-8-16(21-2)9-7-14)20-18-5-3-4-15-10-11-19-12-17(15)18/h3-13,20H,1-2H3. The van der Waals surface area contributed by atoms with Crippen LogP contribution in [0, 0.1) is 0 Å². The largest absolute Gasteiger partial charge is 0.378 e. The highest BCUT2D eigenvalue weighted by Crippen LogP contribution is 2.27. The van der Waals surface area contributed by atoms with Crippen LogP contribution in [-0.2, 0) is 0 Å². The molecule has 3 rings (SSSR count). The van der Waals surface area contributed by atoms with Crippen LogP contribution in [0.1, 0.15) is 18.5 Å². The summed E-state index contributed by atoms with van der Waals surface area (Å²) in [5.41, 5.74) is 2.41. The third-order valence-electron chi connectivity index (χ3n) is 3.67. The molecule has 1 aromatic heterocycles. The van der Waals surface area contributed by atoms with Crippen LogP contribution in [0.25, 0.3) is 10.8 Å². The normalized spacial score (nSPS) is 12.3. The fourth-order valence-electron chi connectivity index (χ4n) is 2.45. The molecule has 0 amide bonds. The van der Waals surface area contributed by atoms with Gasteiger partial charge in [0.1, 0.15) is 0 Å². The van der Waals surface area contributed by atoms with Crippen molar-refractivity contribution in [2.24, 2.45) is 0 Å². The van der Waals surface area contributed by atoms with E-state index >= 15 is 0 Å². The van der Waals surface area contributed by atoms with Crippen molar-refractivity contribution in [3.8, 4) is 0 Å². The van der Waals surface area contributed by atoms with Crippen LogP contribution in [-0.4, -0.2) is 11.2 Å². The highest BCUT2D eigenvalue weighted by Gasteiger charge is 2.07. The second-order valence-electron chi connectivity index (χ2n) is 5.04. The Morgan fingerprint density at radius 1 is 1.05 bits per heavy atom. The van der Waals surface area contributed by atoms with Gasteiger partial charge in [-0.1, -0.05) is 24.3 Å². The molecule has 1 atom stereocenters. The second-order valence-corrected chi connectivity index (χ2v) is 5.92. The van der Waals surface area contributed by atoms with E-state index in [1.54, 1.807) is 11.8 Å². The molecule has 2 nitrogen and oxygen atoms in total. The number of nitrogens with one attached hydrogen (secondary N) is 1. The Hall–Kier alpha value is -2.00. The van der Waals surface area contributed by atoms with E-state index in [1.165, 1.54) is 15.8 Å². The predicted molar refractivity (Wildman–Crippen MR) is 92.0 cm³/mol. The first kappa shape index (κ1) is 14.0. The molecule has 1 unspecified atom stereocenters. The van der Waals surface area contributed by atoms with Gasteiger partial charge in [0.15, 0.2) is 0 Å². The average molecular weight is 294 g/mol. The van der Waals surface area contributed by atoms with E-state index in [-0.39, 0.29) is 6.04 Å². The number of aromatic nitrogens is 1. The highest BCUT2D eigenvalue weighted by atomic mass is 32.2. The fourth-order valence-corrected chi connectivity index (χ4v) is 2.86. The Morgan fingerprint density at radius 3 is 2.62 bits per heavy atom. The van der Waals surface area contributed by atoms with Crippen LogP contribution < -0.4 is 5.32 Å². The van der Waals surface area contributed by atoms with Gasteiger partial charge in [0.25, 0.3) is 0 Å². The minimum Gasteiger partial charge on any atom is -0.378 e. The summed E-state index contributed by atoms with van der Waals surface area (Å²) in [7, 11) is 0. The summed E-state index contributed by atoms with van der Waals surface area (Å²) < 4.78 is 0. The highest BCUT2D eigenvalue weighted by molar-refractivity contribution is 7.98. The summed E-state index contributed by atoms with van der Waals surface area (Å²) >= 11 is 1.77. The number of nitrogens with zero attached hydrogens (tertiary/aromatic N) is 1. The fraction of sp³-hybridized carbons (Fsp3) is 0.167. The molecule has 3 heteroatoms. The van der Waals surface area contributed by atoms with Gasteiger partial charge in [-0.3, -0.25) is 4.98 Å². The van der Waals surface area contributed by atoms with Gasteiger partial charge in [0, 0.05) is 34.4 Å². The minimum atomic E-state index is 0.256. The zero-order chi connectivity index (χ0) is 14.7. The first-order chi connectivity index (χ1) is 10.3. The first-order valence-corrected chi connectivity index (χ1v) is 8.23. The molecule has 1 N–H and O–H groups in total. The van der Waals surface area contributed by atoms with Gasteiger partial charge >= 0.3 is 0 Å². The van der Waals surface area contributed by atoms with Gasteiger partial charge in [0.2, 0.25) is 0 Å².